The van der Waals surface area contributed by atoms with E-state index in [1.54, 1.807) is 29.2 Å². The Morgan fingerprint density at radius 3 is 2.43 bits per heavy atom. The molecule has 3 rings (SSSR count). The Balaban J connectivity index is 1.59. The molecule has 0 unspecified atom stereocenters. The number of hydrogen-bond acceptors (Lipinski definition) is 4. The molecule has 0 atom stereocenters. The minimum Gasteiger partial charge on any atom is -0.483 e. The molecule has 0 spiro atoms. The van der Waals surface area contributed by atoms with Crippen molar-refractivity contribution in [2.24, 2.45) is 0 Å². The van der Waals surface area contributed by atoms with Gasteiger partial charge in [0, 0.05) is 13.0 Å². The average Bonchev–Trinajstić information content (AvgIpc) is 3.11. The van der Waals surface area contributed by atoms with Gasteiger partial charge in [-0.2, -0.15) is 0 Å². The number of para-hydroxylation sites is 2. The fraction of sp³-hybridized carbons (Fsp3) is 0.286. The van der Waals surface area contributed by atoms with Gasteiger partial charge in [0.1, 0.15) is 5.75 Å². The molecular formula is C21H23N3O4. The van der Waals surface area contributed by atoms with Crippen molar-refractivity contribution < 1.29 is 19.1 Å². The summed E-state index contributed by atoms with van der Waals surface area (Å²) in [7, 11) is 0. The number of anilines is 1. The zero-order chi connectivity index (χ0) is 20.1. The minimum absolute atomic E-state index is 0.00807. The number of nitrogens with one attached hydrogen (secondary N) is 2. The van der Waals surface area contributed by atoms with Crippen molar-refractivity contribution in [3.63, 3.8) is 0 Å². The van der Waals surface area contributed by atoms with E-state index in [0.717, 1.165) is 17.5 Å². The largest absolute Gasteiger partial charge is 0.483 e. The number of hydrazine groups is 1. The summed E-state index contributed by atoms with van der Waals surface area (Å²) in [6.45, 7) is 4.16. The van der Waals surface area contributed by atoms with Gasteiger partial charge < -0.3 is 9.64 Å². The van der Waals surface area contributed by atoms with E-state index in [1.807, 2.05) is 32.0 Å². The lowest BCUT2D eigenvalue weighted by atomic mass is 10.1. The Kier molecular flexibility index (Phi) is 5.93. The molecule has 7 nitrogen and oxygen atoms in total. The third-order valence-corrected chi connectivity index (χ3v) is 4.58. The second kappa shape index (κ2) is 8.56. The van der Waals surface area contributed by atoms with Crippen molar-refractivity contribution in [3.8, 4) is 5.75 Å². The van der Waals surface area contributed by atoms with Gasteiger partial charge in [0.2, 0.25) is 5.91 Å². The molecule has 28 heavy (non-hydrogen) atoms. The monoisotopic (exact) mass is 381 g/mol. The Bertz CT molecular complexity index is 890. The lowest BCUT2D eigenvalue weighted by Gasteiger charge is -2.19. The van der Waals surface area contributed by atoms with Crippen molar-refractivity contribution in [1.82, 2.24) is 10.9 Å². The van der Waals surface area contributed by atoms with Crippen LogP contribution in [0, 0.1) is 13.8 Å². The van der Waals surface area contributed by atoms with Crippen LogP contribution in [0.5, 0.6) is 5.75 Å². The van der Waals surface area contributed by atoms with Crippen molar-refractivity contribution in [1.29, 1.82) is 0 Å². The number of carbonyl (C=O) groups excluding carboxylic acids is 3. The summed E-state index contributed by atoms with van der Waals surface area (Å²) in [4.78, 5) is 38.2. The highest BCUT2D eigenvalue weighted by atomic mass is 16.5. The Morgan fingerprint density at radius 2 is 1.75 bits per heavy atom. The van der Waals surface area contributed by atoms with Crippen LogP contribution in [0.1, 0.15) is 34.3 Å². The van der Waals surface area contributed by atoms with Crippen molar-refractivity contribution in [2.75, 3.05) is 18.1 Å². The number of ether oxygens (including phenoxy) is 1. The third kappa shape index (κ3) is 4.31. The van der Waals surface area contributed by atoms with Crippen molar-refractivity contribution in [3.05, 3.63) is 59.2 Å². The molecule has 7 heteroatoms. The molecule has 2 aromatic carbocycles. The van der Waals surface area contributed by atoms with E-state index in [4.69, 9.17) is 4.74 Å². The summed E-state index contributed by atoms with van der Waals surface area (Å²) >= 11 is 0. The predicted octanol–water partition coefficient (Wildman–Crippen LogP) is 2.27. The zero-order valence-electron chi connectivity index (χ0n) is 16.0. The molecule has 0 saturated carbocycles. The lowest BCUT2D eigenvalue weighted by Crippen LogP contribution is -2.44. The molecule has 0 aliphatic carbocycles. The van der Waals surface area contributed by atoms with Crippen LogP contribution < -0.4 is 20.5 Å². The fourth-order valence-corrected chi connectivity index (χ4v) is 3.20. The number of nitrogens with zero attached hydrogens (tertiary/aromatic N) is 1. The molecule has 2 aromatic rings. The maximum atomic E-state index is 12.5. The zero-order valence-corrected chi connectivity index (χ0v) is 16.0. The number of amides is 3. The van der Waals surface area contributed by atoms with Crippen LogP contribution in [-0.2, 0) is 9.59 Å². The van der Waals surface area contributed by atoms with Crippen LogP contribution >= 0.6 is 0 Å². The molecule has 1 fully saturated rings. The number of aryl methyl sites for hydroxylation is 2. The van der Waals surface area contributed by atoms with Crippen molar-refractivity contribution in [2.45, 2.75) is 26.7 Å². The van der Waals surface area contributed by atoms with Crippen LogP contribution in [0.2, 0.25) is 0 Å². The van der Waals surface area contributed by atoms with Crippen LogP contribution in [0.4, 0.5) is 5.69 Å². The predicted molar refractivity (Wildman–Crippen MR) is 105 cm³/mol. The maximum Gasteiger partial charge on any atom is 0.276 e. The molecule has 146 valence electrons. The molecule has 3 amide bonds. The first-order chi connectivity index (χ1) is 13.5. The van der Waals surface area contributed by atoms with Crippen LogP contribution in [0.25, 0.3) is 0 Å². The number of carbonyl (C=O) groups is 3. The van der Waals surface area contributed by atoms with Crippen LogP contribution in [0.3, 0.4) is 0 Å². The molecule has 1 saturated heterocycles. The molecule has 0 radical (unpaired) electrons. The summed E-state index contributed by atoms with van der Waals surface area (Å²) in [6, 6.07) is 12.6. The van der Waals surface area contributed by atoms with Gasteiger partial charge in [0.25, 0.3) is 11.8 Å². The third-order valence-electron chi connectivity index (χ3n) is 4.58. The molecule has 1 aliphatic rings. The number of rotatable bonds is 5. The van der Waals surface area contributed by atoms with E-state index in [9.17, 15) is 14.4 Å². The SMILES string of the molecule is Cc1cccc(C)c1OCC(=O)NNC(=O)c1ccccc1N1CCCC1=O. The van der Waals surface area contributed by atoms with Gasteiger partial charge in [-0.25, -0.2) is 0 Å². The Hall–Kier alpha value is -3.35. The Labute approximate surface area is 163 Å². The van der Waals surface area contributed by atoms with Gasteiger partial charge in [0.15, 0.2) is 6.61 Å². The Morgan fingerprint density at radius 1 is 1.04 bits per heavy atom. The molecular weight excluding hydrogens is 358 g/mol. The van der Waals surface area contributed by atoms with Gasteiger partial charge >= 0.3 is 0 Å². The van der Waals surface area contributed by atoms with E-state index < -0.39 is 11.8 Å². The van der Waals surface area contributed by atoms with E-state index in [1.165, 1.54) is 0 Å². The van der Waals surface area contributed by atoms with Gasteiger partial charge in [-0.1, -0.05) is 30.3 Å². The molecule has 0 bridgehead atoms. The van der Waals surface area contributed by atoms with Gasteiger partial charge in [0.05, 0.1) is 11.3 Å². The maximum absolute atomic E-state index is 12.5. The van der Waals surface area contributed by atoms with Crippen molar-refractivity contribution >= 4 is 23.4 Å². The first kappa shape index (κ1) is 19.4. The van der Waals surface area contributed by atoms with Gasteiger partial charge in [-0.05, 0) is 43.5 Å². The van der Waals surface area contributed by atoms with Gasteiger partial charge in [-0.15, -0.1) is 0 Å². The normalized spacial score (nSPS) is 13.4. The highest BCUT2D eigenvalue weighted by Crippen LogP contribution is 2.25. The molecule has 2 N–H and O–H groups in total. The van der Waals surface area contributed by atoms with E-state index >= 15 is 0 Å². The first-order valence-corrected chi connectivity index (χ1v) is 9.15. The number of benzene rings is 2. The van der Waals surface area contributed by atoms with Gasteiger partial charge in [-0.3, -0.25) is 25.2 Å². The molecule has 1 heterocycles. The second-order valence-corrected chi connectivity index (χ2v) is 6.68. The van der Waals surface area contributed by atoms with Crippen LogP contribution in [0.15, 0.2) is 42.5 Å². The van der Waals surface area contributed by atoms with E-state index in [-0.39, 0.29) is 12.5 Å². The summed E-state index contributed by atoms with van der Waals surface area (Å²) < 4.78 is 5.57. The average molecular weight is 381 g/mol. The first-order valence-electron chi connectivity index (χ1n) is 9.15. The van der Waals surface area contributed by atoms with E-state index in [0.29, 0.717) is 30.0 Å². The van der Waals surface area contributed by atoms with E-state index in [2.05, 4.69) is 10.9 Å². The smallest absolute Gasteiger partial charge is 0.276 e. The quantitative estimate of drug-likeness (QED) is 0.778. The molecule has 1 aliphatic heterocycles. The topological polar surface area (TPSA) is 87.7 Å². The van der Waals surface area contributed by atoms with Crippen LogP contribution in [-0.4, -0.2) is 30.9 Å². The highest BCUT2D eigenvalue weighted by Gasteiger charge is 2.25. The summed E-state index contributed by atoms with van der Waals surface area (Å²) in [5.41, 5.74) is 7.47. The lowest BCUT2D eigenvalue weighted by molar-refractivity contribution is -0.123. The summed E-state index contributed by atoms with van der Waals surface area (Å²) in [6.07, 6.45) is 1.24. The fourth-order valence-electron chi connectivity index (χ4n) is 3.20. The number of hydrogen-bond donors (Lipinski definition) is 2. The minimum atomic E-state index is -0.490. The highest BCUT2D eigenvalue weighted by molar-refractivity contribution is 6.05. The summed E-state index contributed by atoms with van der Waals surface area (Å²) in [5, 5.41) is 0. The standard InChI is InChI=1S/C21H23N3O4/c1-14-7-5-8-15(2)20(14)28-13-18(25)22-23-21(27)16-9-3-4-10-17(16)24-12-6-11-19(24)26/h3-5,7-10H,6,11-13H2,1-2H3,(H,22,25)(H,23,27). The second-order valence-electron chi connectivity index (χ2n) is 6.68. The molecule has 0 aromatic heterocycles. The summed E-state index contributed by atoms with van der Waals surface area (Å²) in [5.74, 6) is -0.324.